The Morgan fingerprint density at radius 3 is 2.80 bits per heavy atom. The summed E-state index contributed by atoms with van der Waals surface area (Å²) in [5, 5.41) is 22.7. The van der Waals surface area contributed by atoms with E-state index in [1.165, 1.54) is 0 Å². The molecule has 1 unspecified atom stereocenters. The van der Waals surface area contributed by atoms with E-state index in [1.807, 2.05) is 37.3 Å². The third-order valence-electron chi connectivity index (χ3n) is 5.34. The minimum Gasteiger partial charge on any atom is -0.507 e. The highest BCUT2D eigenvalue weighted by molar-refractivity contribution is 5.92. The van der Waals surface area contributed by atoms with Crippen molar-refractivity contribution >= 4 is 35.2 Å². The van der Waals surface area contributed by atoms with Gasteiger partial charge in [-0.25, -0.2) is 14.8 Å². The number of aromatic nitrogens is 2. The van der Waals surface area contributed by atoms with Gasteiger partial charge in [0.25, 0.3) is 0 Å². The predicted octanol–water partition coefficient (Wildman–Crippen LogP) is 4.22. The molecule has 0 aliphatic carbocycles. The van der Waals surface area contributed by atoms with Crippen LogP contribution in [-0.4, -0.2) is 45.9 Å². The third-order valence-corrected chi connectivity index (χ3v) is 5.34. The van der Waals surface area contributed by atoms with Crippen LogP contribution in [0.5, 0.6) is 5.75 Å². The Balaban J connectivity index is 0.00000256. The number of carbonyl (C=O) groups is 1. The van der Waals surface area contributed by atoms with Crippen molar-refractivity contribution in [1.82, 2.24) is 15.3 Å². The highest BCUT2D eigenvalue weighted by Crippen LogP contribution is 2.33. The Hall–Kier alpha value is -3.06. The van der Waals surface area contributed by atoms with Crippen LogP contribution in [-0.2, 0) is 0 Å². The van der Waals surface area contributed by atoms with Gasteiger partial charge in [0.15, 0.2) is 5.82 Å². The summed E-state index contributed by atoms with van der Waals surface area (Å²) in [5.74, 6) is 1.69. The molecule has 0 saturated carbocycles. The molecule has 30 heavy (non-hydrogen) atoms. The van der Waals surface area contributed by atoms with E-state index in [0.29, 0.717) is 17.9 Å². The molecule has 3 aromatic rings. The van der Waals surface area contributed by atoms with Crippen LogP contribution in [0.1, 0.15) is 18.4 Å². The van der Waals surface area contributed by atoms with E-state index in [0.717, 1.165) is 48.2 Å². The number of fused-ring (bicyclic) bond motifs is 1. The topological polar surface area (TPSA) is 98.6 Å². The Labute approximate surface area is 181 Å². The molecule has 2 heterocycles. The van der Waals surface area contributed by atoms with Gasteiger partial charge < -0.3 is 20.4 Å². The van der Waals surface area contributed by atoms with E-state index in [2.05, 4.69) is 10.2 Å². The summed E-state index contributed by atoms with van der Waals surface area (Å²) in [7, 11) is 0. The average Bonchev–Trinajstić information content (AvgIpc) is 2.72. The Morgan fingerprint density at radius 1 is 1.23 bits per heavy atom. The van der Waals surface area contributed by atoms with Crippen LogP contribution in [0.25, 0.3) is 22.3 Å². The number of para-hydroxylation sites is 1. The quantitative estimate of drug-likeness (QED) is 0.575. The molecule has 0 spiro atoms. The molecular weight excluding hydrogens is 404 g/mol. The first-order valence-corrected chi connectivity index (χ1v) is 9.80. The number of aromatic hydroxyl groups is 1. The highest BCUT2D eigenvalue weighted by Gasteiger charge is 2.24. The highest BCUT2D eigenvalue weighted by atomic mass is 35.5. The second-order valence-electron chi connectivity index (χ2n) is 7.55. The minimum atomic E-state index is -0.994. The summed E-state index contributed by atoms with van der Waals surface area (Å²) in [6, 6.07) is 13.2. The molecule has 7 nitrogen and oxygen atoms in total. The van der Waals surface area contributed by atoms with Gasteiger partial charge in [0.05, 0.1) is 11.1 Å². The summed E-state index contributed by atoms with van der Waals surface area (Å²) in [6.45, 7) is 4.03. The first kappa shape index (κ1) is 21.6. The van der Waals surface area contributed by atoms with Gasteiger partial charge in [0.1, 0.15) is 11.6 Å². The molecule has 1 amide bonds. The van der Waals surface area contributed by atoms with Crippen LogP contribution < -0.4 is 10.2 Å². The maximum absolute atomic E-state index is 10.9. The number of nitrogens with zero attached hydrogens (tertiary/aromatic N) is 3. The predicted molar refractivity (Wildman–Crippen MR) is 120 cm³/mol. The summed E-state index contributed by atoms with van der Waals surface area (Å²) in [4.78, 5) is 22.6. The Morgan fingerprint density at radius 2 is 2.03 bits per heavy atom. The fourth-order valence-corrected chi connectivity index (χ4v) is 3.90. The molecule has 0 radical (unpaired) electrons. The molecule has 1 aliphatic heterocycles. The van der Waals surface area contributed by atoms with Crippen LogP contribution in [0.3, 0.4) is 0 Å². The van der Waals surface area contributed by atoms with Crippen molar-refractivity contribution in [1.29, 1.82) is 0 Å². The van der Waals surface area contributed by atoms with Crippen molar-refractivity contribution in [3.63, 3.8) is 0 Å². The summed E-state index contributed by atoms with van der Waals surface area (Å²) >= 11 is 0. The van der Waals surface area contributed by atoms with Gasteiger partial charge in [-0.1, -0.05) is 18.2 Å². The number of nitrogens with one attached hydrogen (secondary N) is 1. The summed E-state index contributed by atoms with van der Waals surface area (Å²) in [5.41, 5.74) is 2.53. The number of phenolic OH excluding ortho intramolecular Hbond substituents is 1. The number of phenols is 1. The van der Waals surface area contributed by atoms with Crippen LogP contribution in [0, 0.1) is 12.8 Å². The van der Waals surface area contributed by atoms with Crippen molar-refractivity contribution in [2.24, 2.45) is 5.92 Å². The maximum atomic E-state index is 10.9. The second-order valence-corrected chi connectivity index (χ2v) is 7.55. The molecular formula is C22H25ClN4O3. The van der Waals surface area contributed by atoms with E-state index in [9.17, 15) is 9.90 Å². The molecule has 2 aromatic carbocycles. The van der Waals surface area contributed by atoms with E-state index in [4.69, 9.17) is 15.1 Å². The largest absolute Gasteiger partial charge is 0.507 e. The first-order chi connectivity index (χ1) is 14.0. The molecule has 3 N–H and O–H groups in total. The lowest BCUT2D eigenvalue weighted by Crippen LogP contribution is -2.41. The number of anilines is 1. The first-order valence-electron chi connectivity index (χ1n) is 9.80. The second kappa shape index (κ2) is 9.17. The van der Waals surface area contributed by atoms with Gasteiger partial charge in [-0.3, -0.25) is 0 Å². The fraction of sp³-hybridized carbons (Fsp3) is 0.318. The monoisotopic (exact) mass is 428 g/mol. The normalized spacial score (nSPS) is 16.2. The van der Waals surface area contributed by atoms with Crippen molar-refractivity contribution < 1.29 is 15.0 Å². The number of halogens is 1. The number of piperidine rings is 1. The molecule has 8 heteroatoms. The summed E-state index contributed by atoms with van der Waals surface area (Å²) in [6.07, 6.45) is 0.951. The molecule has 4 rings (SSSR count). The minimum absolute atomic E-state index is 0. The number of aryl methyl sites for hydroxylation is 1. The Bertz CT molecular complexity index is 1060. The molecule has 1 atom stereocenters. The lowest BCUT2D eigenvalue weighted by Gasteiger charge is -2.34. The number of hydrogen-bond acceptors (Lipinski definition) is 5. The maximum Gasteiger partial charge on any atom is 0.404 e. The molecule has 0 bridgehead atoms. The van der Waals surface area contributed by atoms with Gasteiger partial charge in [-0.2, -0.15) is 0 Å². The average molecular weight is 429 g/mol. The lowest BCUT2D eigenvalue weighted by molar-refractivity contribution is 0.191. The smallest absolute Gasteiger partial charge is 0.404 e. The zero-order chi connectivity index (χ0) is 20.4. The van der Waals surface area contributed by atoms with Crippen LogP contribution in [0.2, 0.25) is 0 Å². The number of hydrogen-bond donors (Lipinski definition) is 3. The van der Waals surface area contributed by atoms with Crippen molar-refractivity contribution in [2.75, 3.05) is 24.5 Å². The van der Waals surface area contributed by atoms with E-state index >= 15 is 0 Å². The Kier molecular flexibility index (Phi) is 6.62. The fourth-order valence-electron chi connectivity index (χ4n) is 3.90. The molecule has 1 fully saturated rings. The van der Waals surface area contributed by atoms with Crippen molar-refractivity contribution in [3.8, 4) is 17.1 Å². The molecule has 1 aromatic heterocycles. The number of rotatable bonds is 4. The number of amides is 1. The molecule has 1 saturated heterocycles. The van der Waals surface area contributed by atoms with Gasteiger partial charge >= 0.3 is 6.09 Å². The van der Waals surface area contributed by atoms with Crippen LogP contribution in [0.4, 0.5) is 10.6 Å². The number of carboxylic acid groups (broad SMARTS) is 1. The molecule has 158 valence electrons. The van der Waals surface area contributed by atoms with Gasteiger partial charge in [0.2, 0.25) is 0 Å². The summed E-state index contributed by atoms with van der Waals surface area (Å²) < 4.78 is 0. The van der Waals surface area contributed by atoms with Gasteiger partial charge in [-0.05, 0) is 55.5 Å². The van der Waals surface area contributed by atoms with E-state index in [1.54, 1.807) is 12.1 Å². The van der Waals surface area contributed by atoms with Crippen LogP contribution in [0.15, 0.2) is 42.5 Å². The van der Waals surface area contributed by atoms with Crippen molar-refractivity contribution in [2.45, 2.75) is 19.8 Å². The third kappa shape index (κ3) is 4.57. The molecule has 1 aliphatic rings. The van der Waals surface area contributed by atoms with Gasteiger partial charge in [-0.15, -0.1) is 12.4 Å². The van der Waals surface area contributed by atoms with Gasteiger partial charge in [0, 0.05) is 25.0 Å². The van der Waals surface area contributed by atoms with E-state index in [-0.39, 0.29) is 24.1 Å². The SMILES string of the molecule is Cc1ccc2c(N3CCCC(CNC(=O)O)C3)nc(-c3ccccc3O)nc2c1.Cl. The van der Waals surface area contributed by atoms with Crippen molar-refractivity contribution in [3.05, 3.63) is 48.0 Å². The zero-order valence-electron chi connectivity index (χ0n) is 16.7. The van der Waals surface area contributed by atoms with Crippen LogP contribution >= 0.6 is 12.4 Å². The lowest BCUT2D eigenvalue weighted by atomic mass is 9.97. The zero-order valence-corrected chi connectivity index (χ0v) is 17.5. The van der Waals surface area contributed by atoms with E-state index < -0.39 is 6.09 Å². The number of benzene rings is 2. The standard InChI is InChI=1S/C22H24N4O3.ClH/c1-14-8-9-16-18(11-14)24-20(17-6-2-3-7-19(17)27)25-21(16)26-10-4-5-15(13-26)12-23-22(28)29;/h2-3,6-9,11,15,23,27H,4-5,10,12-13H2,1H3,(H,28,29);1H.